The van der Waals surface area contributed by atoms with Crippen LogP contribution in [0, 0.1) is 0 Å². The van der Waals surface area contributed by atoms with Crippen molar-refractivity contribution < 1.29 is 71.5 Å². The van der Waals surface area contributed by atoms with Gasteiger partial charge in [0.15, 0.2) is 18.9 Å². The summed E-state index contributed by atoms with van der Waals surface area (Å²) in [6.07, 6.45) is -15.5. The Balaban J connectivity index is 0.993. The van der Waals surface area contributed by atoms with Crippen LogP contribution in [-0.2, 0) is 126 Å². The van der Waals surface area contributed by atoms with Crippen LogP contribution < -0.4 is 0 Å². The maximum absolute atomic E-state index is 14.8. The van der Waals surface area contributed by atoms with Gasteiger partial charge in [-0.15, -0.1) is 0 Å². The van der Waals surface area contributed by atoms with E-state index in [1.165, 1.54) is 0 Å². The van der Waals surface area contributed by atoms with Crippen molar-refractivity contribution in [3.05, 3.63) is 323 Å². The highest BCUT2D eigenvalue weighted by molar-refractivity contribution is 5.74. The number of carbonyl (C=O) groups excluding carboxylic acids is 1. The van der Waals surface area contributed by atoms with Crippen molar-refractivity contribution in [3.8, 4) is 0 Å². The average molecular weight is 1340 g/mol. The van der Waals surface area contributed by atoms with E-state index in [0.717, 1.165) is 50.1 Å². The van der Waals surface area contributed by atoms with E-state index >= 15 is 0 Å². The van der Waals surface area contributed by atoms with E-state index < -0.39 is 92.1 Å². The van der Waals surface area contributed by atoms with E-state index in [1.807, 2.05) is 280 Å². The van der Waals surface area contributed by atoms with Crippen LogP contribution in [0.3, 0.4) is 0 Å². The predicted octanol–water partition coefficient (Wildman–Crippen LogP) is 13.3. The van der Waals surface area contributed by atoms with Crippen molar-refractivity contribution in [1.82, 2.24) is 4.90 Å². The first-order valence-electron chi connectivity index (χ1n) is 34.2. The van der Waals surface area contributed by atoms with Crippen LogP contribution in [-0.4, -0.2) is 121 Å². The molecule has 1 amide bonds. The maximum atomic E-state index is 14.8. The third-order valence-electron chi connectivity index (χ3n) is 18.0. The first-order valence-corrected chi connectivity index (χ1v) is 34.2. The van der Waals surface area contributed by atoms with Crippen molar-refractivity contribution in [2.24, 2.45) is 0 Å². The van der Waals surface area contributed by atoms with Gasteiger partial charge in [-0.1, -0.05) is 273 Å². The maximum Gasteiger partial charge on any atom is 0.220 e. The number of aliphatic hydroxyl groups excluding tert-OH is 1. The first kappa shape index (κ1) is 70.7. The monoisotopic (exact) mass is 1340 g/mol. The van der Waals surface area contributed by atoms with E-state index in [0.29, 0.717) is 0 Å². The molecule has 16 heteroatoms. The molecule has 12 rings (SSSR count). The summed E-state index contributed by atoms with van der Waals surface area (Å²) in [5.41, 5.74) is 8.10. The molecule has 3 fully saturated rings. The minimum absolute atomic E-state index is 0.00647. The molecule has 0 radical (unpaired) electrons. The van der Waals surface area contributed by atoms with Crippen LogP contribution in [0.4, 0.5) is 0 Å². The Labute approximate surface area is 581 Å². The lowest BCUT2D eigenvalue weighted by Crippen LogP contribution is -2.69. The fourth-order valence-corrected chi connectivity index (χ4v) is 12.9. The van der Waals surface area contributed by atoms with Gasteiger partial charge in [-0.3, -0.25) is 4.79 Å². The van der Waals surface area contributed by atoms with Gasteiger partial charge in [0.25, 0.3) is 0 Å². The summed E-state index contributed by atoms with van der Waals surface area (Å²) in [5, 5.41) is 13.2. The molecule has 0 aliphatic carbocycles. The molecule has 0 saturated carbocycles. The van der Waals surface area contributed by atoms with E-state index in [2.05, 4.69) is 0 Å². The number of nitrogens with zero attached hydrogens (tertiary/aromatic N) is 1. The molecule has 3 aliphatic rings. The highest BCUT2D eigenvalue weighted by Gasteiger charge is 2.58. The highest BCUT2D eigenvalue weighted by atomic mass is 16.8. The molecule has 0 aromatic heterocycles. The Kier molecular flexibility index (Phi) is 26.3. The number of hydrogen-bond acceptors (Lipinski definition) is 15. The van der Waals surface area contributed by atoms with E-state index in [9.17, 15) is 9.90 Å². The smallest absolute Gasteiger partial charge is 0.220 e. The molecule has 516 valence electrons. The molecule has 0 bridgehead atoms. The van der Waals surface area contributed by atoms with Gasteiger partial charge in [0.05, 0.1) is 72.2 Å². The molecule has 3 saturated heterocycles. The van der Waals surface area contributed by atoms with Gasteiger partial charge >= 0.3 is 0 Å². The van der Waals surface area contributed by atoms with Gasteiger partial charge in [-0.2, -0.15) is 0 Å². The number of rotatable bonds is 33. The molecule has 9 aromatic carbocycles. The highest BCUT2D eigenvalue weighted by Crippen LogP contribution is 2.40. The Morgan fingerprint density at radius 3 is 1.05 bits per heavy atom. The van der Waals surface area contributed by atoms with Gasteiger partial charge in [-0.25, -0.2) is 0 Å². The lowest BCUT2D eigenvalue weighted by molar-refractivity contribution is -0.395. The molecule has 9 aromatic rings. The zero-order valence-corrected chi connectivity index (χ0v) is 56.0. The molecule has 3 heterocycles. The summed E-state index contributed by atoms with van der Waals surface area (Å²) >= 11 is 0. The number of hydrogen-bond donors (Lipinski definition) is 1. The van der Waals surface area contributed by atoms with E-state index in [1.54, 1.807) is 11.8 Å². The van der Waals surface area contributed by atoms with Crippen LogP contribution in [0.5, 0.6) is 0 Å². The first-order chi connectivity index (χ1) is 48.8. The summed E-state index contributed by atoms with van der Waals surface area (Å²) in [5.74, 6) is -0.266. The van der Waals surface area contributed by atoms with Crippen molar-refractivity contribution in [2.75, 3.05) is 13.2 Å². The standard InChI is InChI=1S/C83H89NO15/c1-59-74(89-51-64-36-18-6-19-37-64)78(92-54-67-42-24-9-25-43-67)73(86)82(95-59)99-80-79(93-55-68-44-26-10-27-45-68)75(90-52-65-38-20-7-21-39-65)70(57-87-49-62-32-14-4-15-33-62)97-83(80)98-76-71(58-88-50-63-34-16-5-17-35-63)96-81(94-56-69-46-28-11-29-47-69)72(77(76)91-53-66-40-22-8-23-41-66)84(60(2)85)48-61-30-12-3-13-31-61/h3-47,59,70-83,86H,48-58H2,1-2H3/t59-,70+,71-,72-,73-,74-,75+,76-,77-,78+,79+,80+,81-,82-,83+/m0/s1. The van der Waals surface area contributed by atoms with Gasteiger partial charge in [0, 0.05) is 13.5 Å². The summed E-state index contributed by atoms with van der Waals surface area (Å²) in [4.78, 5) is 16.6. The number of amides is 1. The van der Waals surface area contributed by atoms with E-state index in [-0.39, 0.29) is 78.5 Å². The van der Waals surface area contributed by atoms with Crippen LogP contribution in [0.25, 0.3) is 0 Å². The average Bonchev–Trinajstić information content (AvgIpc) is 0.763. The van der Waals surface area contributed by atoms with Crippen LogP contribution >= 0.6 is 0 Å². The van der Waals surface area contributed by atoms with Gasteiger partial charge < -0.3 is 71.6 Å². The topological polar surface area (TPSA) is 161 Å². The molecule has 99 heavy (non-hydrogen) atoms. The molecule has 0 unspecified atom stereocenters. The molecule has 15 atom stereocenters. The zero-order chi connectivity index (χ0) is 67.8. The Morgan fingerprint density at radius 2 is 0.646 bits per heavy atom. The third kappa shape index (κ3) is 20.1. The van der Waals surface area contributed by atoms with Crippen molar-refractivity contribution in [1.29, 1.82) is 0 Å². The largest absolute Gasteiger partial charge is 0.385 e. The quantitative estimate of drug-likeness (QED) is 0.0413. The zero-order valence-electron chi connectivity index (χ0n) is 56.0. The fourth-order valence-electron chi connectivity index (χ4n) is 12.9. The molecule has 1 N–H and O–H groups in total. The van der Waals surface area contributed by atoms with Crippen LogP contribution in [0.2, 0.25) is 0 Å². The van der Waals surface area contributed by atoms with Gasteiger partial charge in [-0.05, 0) is 57.0 Å². The molecular weight excluding hydrogens is 1250 g/mol. The minimum Gasteiger partial charge on any atom is -0.385 e. The second kappa shape index (κ2) is 36.8. The molecule has 16 nitrogen and oxygen atoms in total. The normalized spacial score (nSPS) is 25.4. The molecule has 0 spiro atoms. The second-order valence-electron chi connectivity index (χ2n) is 25.2. The van der Waals surface area contributed by atoms with Crippen LogP contribution in [0.1, 0.15) is 63.9 Å². The Morgan fingerprint density at radius 1 is 0.333 bits per heavy atom. The van der Waals surface area contributed by atoms with Crippen molar-refractivity contribution in [3.63, 3.8) is 0 Å². The molecular formula is C83H89NO15. The van der Waals surface area contributed by atoms with Crippen molar-refractivity contribution in [2.45, 2.75) is 165 Å². The fraction of sp³-hybridized carbons (Fsp3) is 0.337. The van der Waals surface area contributed by atoms with Crippen LogP contribution in [0.15, 0.2) is 273 Å². The lowest BCUT2D eigenvalue weighted by atomic mass is 9.93. The summed E-state index contributed by atoms with van der Waals surface area (Å²) in [6, 6.07) is 87.6. The third-order valence-corrected chi connectivity index (χ3v) is 18.0. The van der Waals surface area contributed by atoms with E-state index in [4.69, 9.17) is 61.6 Å². The number of aliphatic hydroxyl groups is 1. The summed E-state index contributed by atoms with van der Waals surface area (Å²) in [7, 11) is 0. The number of ether oxygens (including phenoxy) is 13. The van der Waals surface area contributed by atoms with Gasteiger partial charge in [0.2, 0.25) is 5.91 Å². The lowest BCUT2D eigenvalue weighted by Gasteiger charge is -2.53. The predicted molar refractivity (Wildman–Crippen MR) is 372 cm³/mol. The number of benzene rings is 9. The number of carbonyl (C=O) groups is 1. The summed E-state index contributed by atoms with van der Waals surface area (Å²) in [6.45, 7) is 4.79. The second-order valence-corrected chi connectivity index (χ2v) is 25.2. The van der Waals surface area contributed by atoms with Gasteiger partial charge in [0.1, 0.15) is 67.1 Å². The Bertz CT molecular complexity index is 3730. The summed E-state index contributed by atoms with van der Waals surface area (Å²) < 4.78 is 93.1. The minimum atomic E-state index is -1.48. The Hall–Kier alpha value is -8.11. The molecule has 3 aliphatic heterocycles. The van der Waals surface area contributed by atoms with Crippen molar-refractivity contribution >= 4 is 5.91 Å². The SMILES string of the molecule is CC(=O)N(Cc1ccccc1)[C@@H]1[C@@H](OCc2ccccc2)O[C@@H](COCc2ccccc2)[C@H](O[C@H]2O[C@H](COCc3ccccc3)[C@@H](OCc3ccccc3)[C@@H](OCc3ccccc3)[C@H]2O[C@@H]2O[C@@H](C)[C@H](OCc3ccccc3)[C@H](OCc3ccccc3)[C@@H]2O)[C@H]1OCc1ccccc1.